The molecule has 1 atom stereocenters. The Bertz CT molecular complexity index is 1360. The van der Waals surface area contributed by atoms with E-state index in [9.17, 15) is 22.4 Å². The summed E-state index contributed by atoms with van der Waals surface area (Å²) >= 11 is 7.62. The zero-order valence-electron chi connectivity index (χ0n) is 19.7. The number of benzene rings is 1. The number of hydrogen-bond donors (Lipinski definition) is 2. The van der Waals surface area contributed by atoms with Gasteiger partial charge in [-0.3, -0.25) is 9.79 Å². The van der Waals surface area contributed by atoms with E-state index in [4.69, 9.17) is 21.4 Å². The topological polar surface area (TPSA) is 138 Å². The molecule has 2 aliphatic heterocycles. The molecule has 0 saturated carbocycles. The third-order valence-corrected chi connectivity index (χ3v) is 9.27. The number of aliphatic imine (C=N–C) groups is 1. The van der Waals surface area contributed by atoms with Gasteiger partial charge in [-0.1, -0.05) is 23.7 Å². The van der Waals surface area contributed by atoms with Gasteiger partial charge >= 0.3 is 11.9 Å². The van der Waals surface area contributed by atoms with Crippen molar-refractivity contribution in [1.29, 1.82) is 0 Å². The minimum Gasteiger partial charge on any atom is -0.481 e. The fourth-order valence-corrected chi connectivity index (χ4v) is 6.67. The van der Waals surface area contributed by atoms with Crippen LogP contribution in [-0.4, -0.2) is 66.5 Å². The molecule has 1 saturated heterocycles. The van der Waals surface area contributed by atoms with E-state index in [2.05, 4.69) is 15.3 Å². The molecule has 0 bridgehead atoms. The Morgan fingerprint density at radius 2 is 2.05 bits per heavy atom. The molecular weight excluding hydrogens is 547 g/mol. The molecule has 2 aromatic rings. The van der Waals surface area contributed by atoms with Gasteiger partial charge in [0.05, 0.1) is 29.9 Å². The quantitative estimate of drug-likeness (QED) is 0.462. The number of amidine groups is 1. The predicted molar refractivity (Wildman–Crippen MR) is 135 cm³/mol. The van der Waals surface area contributed by atoms with Crippen molar-refractivity contribution in [2.24, 2.45) is 10.9 Å². The fraction of sp³-hybridized carbons (Fsp3) is 0.391. The van der Waals surface area contributed by atoms with Crippen molar-refractivity contribution in [2.45, 2.75) is 25.3 Å². The molecule has 1 aromatic heterocycles. The first-order valence-corrected chi connectivity index (χ1v) is 14.2. The highest BCUT2D eigenvalue weighted by atomic mass is 35.5. The van der Waals surface area contributed by atoms with Crippen LogP contribution in [0.15, 0.2) is 46.0 Å². The maximum Gasteiger partial charge on any atom is 0.338 e. The largest absolute Gasteiger partial charge is 0.481 e. The number of hydrogen-bond acceptors (Lipinski definition) is 9. The van der Waals surface area contributed by atoms with Gasteiger partial charge in [-0.05, 0) is 18.9 Å². The van der Waals surface area contributed by atoms with Crippen molar-refractivity contribution in [3.8, 4) is 0 Å². The van der Waals surface area contributed by atoms with Crippen molar-refractivity contribution in [3.05, 3.63) is 62.5 Å². The first kappa shape index (κ1) is 27.2. The van der Waals surface area contributed by atoms with E-state index in [0.29, 0.717) is 29.4 Å². The van der Waals surface area contributed by atoms with Gasteiger partial charge < -0.3 is 15.2 Å². The molecule has 198 valence electrons. The van der Waals surface area contributed by atoms with Crippen molar-refractivity contribution >= 4 is 50.7 Å². The lowest BCUT2D eigenvalue weighted by Gasteiger charge is -2.36. The summed E-state index contributed by atoms with van der Waals surface area (Å²) in [6.45, 7) is 0.280. The van der Waals surface area contributed by atoms with Crippen molar-refractivity contribution in [1.82, 2.24) is 14.6 Å². The summed E-state index contributed by atoms with van der Waals surface area (Å²) in [5.41, 5.74) is 0.922. The Labute approximate surface area is 221 Å². The molecule has 0 radical (unpaired) electrons. The molecule has 0 amide bonds. The number of carbonyl (C=O) groups is 2. The minimum atomic E-state index is -3.74. The Hall–Kier alpha value is -2.87. The lowest BCUT2D eigenvalue weighted by Crippen LogP contribution is -2.44. The van der Waals surface area contributed by atoms with Crippen LogP contribution in [-0.2, 0) is 24.3 Å². The number of nitrogens with zero attached hydrogens (tertiary/aromatic N) is 3. The van der Waals surface area contributed by atoms with Gasteiger partial charge in [0.1, 0.15) is 11.9 Å². The summed E-state index contributed by atoms with van der Waals surface area (Å²) in [5.74, 6) is -2.92. The normalized spacial score (nSPS) is 19.3. The molecule has 1 aromatic carbocycles. The van der Waals surface area contributed by atoms with E-state index < -0.39 is 46.0 Å². The molecule has 14 heteroatoms. The number of aliphatic carboxylic acids is 1. The summed E-state index contributed by atoms with van der Waals surface area (Å²) < 4.78 is 45.9. The number of piperidine rings is 1. The monoisotopic (exact) mass is 570 g/mol. The van der Waals surface area contributed by atoms with Gasteiger partial charge in [0.25, 0.3) is 0 Å². The molecule has 37 heavy (non-hydrogen) atoms. The molecule has 0 aliphatic carbocycles. The van der Waals surface area contributed by atoms with Gasteiger partial charge in [0.15, 0.2) is 10.8 Å². The molecular formula is C23H24ClFN4O6S2. The number of carboxylic acids is 1. The maximum atomic E-state index is 14.4. The van der Waals surface area contributed by atoms with E-state index in [1.54, 1.807) is 17.6 Å². The Kier molecular flexibility index (Phi) is 8.26. The summed E-state index contributed by atoms with van der Waals surface area (Å²) in [7, 11) is -2.51. The molecule has 4 rings (SSSR count). The molecule has 0 spiro atoms. The number of allylic oxidation sites excluding steroid dienone is 1. The van der Waals surface area contributed by atoms with Crippen LogP contribution < -0.4 is 5.32 Å². The highest BCUT2D eigenvalue weighted by Gasteiger charge is 2.39. The summed E-state index contributed by atoms with van der Waals surface area (Å²) in [4.78, 5) is 32.9. The summed E-state index contributed by atoms with van der Waals surface area (Å²) in [6, 6.07) is 3.29. The van der Waals surface area contributed by atoms with Crippen LogP contribution in [0.5, 0.6) is 0 Å². The molecule has 2 N–H and O–H groups in total. The lowest BCUT2D eigenvalue weighted by molar-refractivity contribution is -0.137. The highest BCUT2D eigenvalue weighted by Crippen LogP contribution is 2.40. The number of ether oxygens (including phenoxy) is 1. The first-order chi connectivity index (χ1) is 17.6. The summed E-state index contributed by atoms with van der Waals surface area (Å²) in [5, 5.41) is 14.2. The number of rotatable bonds is 8. The fourth-order valence-electron chi connectivity index (χ4n) is 4.40. The molecule has 10 nitrogen and oxygen atoms in total. The molecule has 3 heterocycles. The Balaban J connectivity index is 1.72. The van der Waals surface area contributed by atoms with Crippen LogP contribution in [0.3, 0.4) is 0 Å². The second-order valence-corrected chi connectivity index (χ2v) is 11.8. The van der Waals surface area contributed by atoms with Gasteiger partial charge in [-0.15, -0.1) is 11.3 Å². The van der Waals surface area contributed by atoms with E-state index in [1.807, 2.05) is 0 Å². The highest BCUT2D eigenvalue weighted by molar-refractivity contribution is 7.89. The number of halogens is 2. The predicted octanol–water partition coefficient (Wildman–Crippen LogP) is 2.97. The molecule has 0 unspecified atom stereocenters. The van der Waals surface area contributed by atoms with Crippen LogP contribution in [0.1, 0.15) is 35.9 Å². The second-order valence-electron chi connectivity index (χ2n) is 8.44. The van der Waals surface area contributed by atoms with Crippen LogP contribution >= 0.6 is 22.9 Å². The van der Waals surface area contributed by atoms with Crippen molar-refractivity contribution in [3.63, 3.8) is 0 Å². The number of nitrogens with one attached hydrogen (secondary N) is 1. The lowest BCUT2D eigenvalue weighted by atomic mass is 9.86. The van der Waals surface area contributed by atoms with Gasteiger partial charge in [0.2, 0.25) is 10.0 Å². The van der Waals surface area contributed by atoms with Gasteiger partial charge in [0, 0.05) is 41.8 Å². The standard InChI is InChI=1S/C23H24ClFN4O6S2/c1-35-23(32)17-19(13-5-9-29(10-6-13)37(33,34)12-7-16(30)31)27-21(22-26-8-11-36-22)28-20(17)14-3-2-4-15(25)18(14)24/h2-4,8,11,13,20H,5-7,9-10,12H2,1H3,(H,27,28)(H,30,31)/t20-/m1/s1. The van der Waals surface area contributed by atoms with E-state index >= 15 is 0 Å². The van der Waals surface area contributed by atoms with E-state index in [0.717, 1.165) is 0 Å². The van der Waals surface area contributed by atoms with Gasteiger partial charge in [-0.2, -0.15) is 0 Å². The van der Waals surface area contributed by atoms with E-state index in [1.165, 1.54) is 34.9 Å². The van der Waals surface area contributed by atoms with E-state index in [-0.39, 0.29) is 35.2 Å². The van der Waals surface area contributed by atoms with Crippen LogP contribution in [0.2, 0.25) is 5.02 Å². The number of aromatic nitrogens is 1. The van der Waals surface area contributed by atoms with Gasteiger partial charge in [-0.25, -0.2) is 26.9 Å². The summed E-state index contributed by atoms with van der Waals surface area (Å²) in [6.07, 6.45) is 1.83. The smallest absolute Gasteiger partial charge is 0.338 e. The zero-order valence-corrected chi connectivity index (χ0v) is 22.1. The SMILES string of the molecule is COC(=O)C1=C(C2CCN(S(=O)(=O)CCC(=O)O)CC2)NC(c2nccs2)=N[C@@H]1c1cccc(F)c1Cl. The number of carbonyl (C=O) groups excluding carboxylic acids is 1. The average Bonchev–Trinajstić information content (AvgIpc) is 3.43. The van der Waals surface area contributed by atoms with Crippen molar-refractivity contribution in [2.75, 3.05) is 26.0 Å². The Morgan fingerprint density at radius 3 is 2.68 bits per heavy atom. The first-order valence-electron chi connectivity index (χ1n) is 11.3. The Morgan fingerprint density at radius 1 is 1.32 bits per heavy atom. The van der Waals surface area contributed by atoms with Crippen molar-refractivity contribution < 1.29 is 32.2 Å². The van der Waals surface area contributed by atoms with Crippen LogP contribution in [0, 0.1) is 11.7 Å². The molecule has 1 fully saturated rings. The van der Waals surface area contributed by atoms with Crippen LogP contribution in [0.25, 0.3) is 0 Å². The van der Waals surface area contributed by atoms with Crippen LogP contribution in [0.4, 0.5) is 4.39 Å². The second kappa shape index (κ2) is 11.3. The number of esters is 1. The average molecular weight is 571 g/mol. The third kappa shape index (κ3) is 5.84. The number of methoxy groups -OCH3 is 1. The number of sulfonamides is 1. The molecule has 2 aliphatic rings. The maximum absolute atomic E-state index is 14.4. The number of carboxylic acid groups (broad SMARTS) is 1. The minimum absolute atomic E-state index is 0.140. The zero-order chi connectivity index (χ0) is 26.7. The third-order valence-electron chi connectivity index (χ3n) is 6.22. The number of thiazole rings is 1.